The van der Waals surface area contributed by atoms with E-state index in [0.29, 0.717) is 13.0 Å². The predicted molar refractivity (Wildman–Crippen MR) is 63.1 cm³/mol. The summed E-state index contributed by atoms with van der Waals surface area (Å²) in [5.74, 6) is -0.0720. The molecule has 1 heterocycles. The quantitative estimate of drug-likeness (QED) is 0.634. The molecule has 7 heteroatoms. The summed E-state index contributed by atoms with van der Waals surface area (Å²) < 4.78 is 0. The molecule has 1 aromatic rings. The van der Waals surface area contributed by atoms with Gasteiger partial charge in [0, 0.05) is 19.0 Å². The van der Waals surface area contributed by atoms with Crippen LogP contribution in [-0.2, 0) is 4.79 Å². The Morgan fingerprint density at radius 3 is 2.88 bits per heavy atom. The topological polar surface area (TPSA) is 84.3 Å². The fourth-order valence-electron chi connectivity index (χ4n) is 1.72. The molecule has 1 amide bonds. The number of para-hydroxylation sites is 1. The van der Waals surface area contributed by atoms with Gasteiger partial charge in [-0.05, 0) is 6.07 Å². The number of hydrogen-bond acceptors (Lipinski definition) is 4. The Morgan fingerprint density at radius 2 is 2.29 bits per heavy atom. The third-order valence-electron chi connectivity index (χ3n) is 2.51. The van der Waals surface area contributed by atoms with Crippen LogP contribution in [0.1, 0.15) is 6.42 Å². The molecule has 6 nitrogen and oxygen atoms in total. The summed E-state index contributed by atoms with van der Waals surface area (Å²) in [6.45, 7) is 0.446. The average Bonchev–Trinajstić information content (AvgIpc) is 2.67. The molecule has 1 aliphatic rings. The fourth-order valence-corrected chi connectivity index (χ4v) is 1.94. The van der Waals surface area contributed by atoms with E-state index in [1.165, 1.54) is 12.1 Å². The van der Waals surface area contributed by atoms with Gasteiger partial charge in [0.15, 0.2) is 0 Å². The first-order chi connectivity index (χ1) is 8.08. The maximum atomic E-state index is 11.0. The predicted octanol–water partition coefficient (Wildman–Crippen LogP) is 1.55. The normalized spacial score (nSPS) is 18.9. The van der Waals surface area contributed by atoms with Gasteiger partial charge in [-0.1, -0.05) is 17.7 Å². The maximum Gasteiger partial charge on any atom is 0.293 e. The number of halogens is 1. The SMILES string of the molecule is O=C1CC(Nc2c(Cl)cccc2[N+](=O)[O-])CN1. The zero-order valence-corrected chi connectivity index (χ0v) is 9.53. The van der Waals surface area contributed by atoms with E-state index in [-0.39, 0.29) is 28.3 Å². The summed E-state index contributed by atoms with van der Waals surface area (Å²) in [5, 5.41) is 16.7. The zero-order chi connectivity index (χ0) is 12.4. The number of nitro groups is 1. The van der Waals surface area contributed by atoms with Crippen molar-refractivity contribution in [3.05, 3.63) is 33.3 Å². The van der Waals surface area contributed by atoms with Crippen molar-refractivity contribution in [2.24, 2.45) is 0 Å². The lowest BCUT2D eigenvalue weighted by atomic mass is 10.2. The van der Waals surface area contributed by atoms with Crippen LogP contribution in [0, 0.1) is 10.1 Å². The number of rotatable bonds is 3. The first-order valence-corrected chi connectivity index (χ1v) is 5.42. The van der Waals surface area contributed by atoms with Crippen LogP contribution in [0.15, 0.2) is 18.2 Å². The van der Waals surface area contributed by atoms with E-state index in [1.54, 1.807) is 6.07 Å². The first kappa shape index (κ1) is 11.7. The minimum Gasteiger partial charge on any atom is -0.373 e. The number of carbonyl (C=O) groups is 1. The molecule has 1 aromatic carbocycles. The lowest BCUT2D eigenvalue weighted by molar-refractivity contribution is -0.384. The summed E-state index contributed by atoms with van der Waals surface area (Å²) in [6.07, 6.45) is 0.294. The van der Waals surface area contributed by atoms with Gasteiger partial charge >= 0.3 is 0 Å². The van der Waals surface area contributed by atoms with Gasteiger partial charge in [0.1, 0.15) is 5.69 Å². The minimum absolute atomic E-state index is 0.0720. The molecular formula is C10H10ClN3O3. The lowest BCUT2D eigenvalue weighted by Crippen LogP contribution is -2.23. The highest BCUT2D eigenvalue weighted by Gasteiger charge is 2.25. The number of benzene rings is 1. The Labute approximate surface area is 102 Å². The van der Waals surface area contributed by atoms with Crippen LogP contribution in [0.4, 0.5) is 11.4 Å². The van der Waals surface area contributed by atoms with Crippen LogP contribution < -0.4 is 10.6 Å². The Bertz CT molecular complexity index is 478. The summed E-state index contributed by atoms with van der Waals surface area (Å²) in [5.41, 5.74) is 0.178. The van der Waals surface area contributed by atoms with Gasteiger partial charge in [-0.15, -0.1) is 0 Å². The molecule has 1 fully saturated rings. The molecular weight excluding hydrogens is 246 g/mol. The molecule has 1 aliphatic heterocycles. The zero-order valence-electron chi connectivity index (χ0n) is 8.77. The largest absolute Gasteiger partial charge is 0.373 e. The standard InChI is InChI=1S/C10H10ClN3O3/c11-7-2-1-3-8(14(16)17)10(7)13-6-4-9(15)12-5-6/h1-3,6,13H,4-5H2,(H,12,15). The molecule has 1 saturated heterocycles. The fraction of sp³-hybridized carbons (Fsp3) is 0.300. The van der Waals surface area contributed by atoms with E-state index in [4.69, 9.17) is 11.6 Å². The highest BCUT2D eigenvalue weighted by molar-refractivity contribution is 6.33. The van der Waals surface area contributed by atoms with E-state index in [1.807, 2.05) is 0 Å². The highest BCUT2D eigenvalue weighted by Crippen LogP contribution is 2.32. The van der Waals surface area contributed by atoms with Crippen molar-refractivity contribution in [1.29, 1.82) is 0 Å². The number of hydrogen-bond donors (Lipinski definition) is 2. The lowest BCUT2D eigenvalue weighted by Gasteiger charge is -2.13. The third kappa shape index (κ3) is 2.47. The van der Waals surface area contributed by atoms with Crippen molar-refractivity contribution >= 4 is 28.9 Å². The average molecular weight is 256 g/mol. The molecule has 0 radical (unpaired) electrons. The van der Waals surface area contributed by atoms with Crippen molar-refractivity contribution in [1.82, 2.24) is 5.32 Å². The number of amides is 1. The van der Waals surface area contributed by atoms with E-state index in [0.717, 1.165) is 0 Å². The Hall–Kier alpha value is -1.82. The van der Waals surface area contributed by atoms with E-state index in [9.17, 15) is 14.9 Å². The van der Waals surface area contributed by atoms with E-state index in [2.05, 4.69) is 10.6 Å². The molecule has 0 saturated carbocycles. The number of nitrogens with one attached hydrogen (secondary N) is 2. The van der Waals surface area contributed by atoms with Crippen molar-refractivity contribution in [3.63, 3.8) is 0 Å². The van der Waals surface area contributed by atoms with Crippen molar-refractivity contribution in [2.45, 2.75) is 12.5 Å². The van der Waals surface area contributed by atoms with Crippen LogP contribution >= 0.6 is 11.6 Å². The van der Waals surface area contributed by atoms with Crippen LogP contribution in [0.3, 0.4) is 0 Å². The number of nitrogens with zero attached hydrogens (tertiary/aromatic N) is 1. The summed E-state index contributed by atoms with van der Waals surface area (Å²) in [6, 6.07) is 4.30. The Morgan fingerprint density at radius 1 is 1.53 bits per heavy atom. The van der Waals surface area contributed by atoms with Crippen LogP contribution in [0.25, 0.3) is 0 Å². The minimum atomic E-state index is -0.502. The van der Waals surface area contributed by atoms with E-state index >= 15 is 0 Å². The summed E-state index contributed by atoms with van der Waals surface area (Å²) >= 11 is 5.92. The maximum absolute atomic E-state index is 11.0. The molecule has 1 atom stereocenters. The van der Waals surface area contributed by atoms with Gasteiger partial charge < -0.3 is 10.6 Å². The van der Waals surface area contributed by atoms with Gasteiger partial charge in [-0.25, -0.2) is 0 Å². The molecule has 0 bridgehead atoms. The van der Waals surface area contributed by atoms with Crippen LogP contribution in [-0.4, -0.2) is 23.4 Å². The molecule has 2 N–H and O–H groups in total. The Kier molecular flexibility index (Phi) is 3.14. The first-order valence-electron chi connectivity index (χ1n) is 5.04. The number of carbonyl (C=O) groups excluding carboxylic acids is 1. The molecule has 90 valence electrons. The van der Waals surface area contributed by atoms with Crippen molar-refractivity contribution in [2.75, 3.05) is 11.9 Å². The second kappa shape index (κ2) is 4.58. The van der Waals surface area contributed by atoms with Crippen molar-refractivity contribution < 1.29 is 9.72 Å². The number of anilines is 1. The Balaban J connectivity index is 2.25. The van der Waals surface area contributed by atoms with Gasteiger partial charge in [-0.2, -0.15) is 0 Å². The van der Waals surface area contributed by atoms with Gasteiger partial charge in [0.25, 0.3) is 5.69 Å². The molecule has 0 spiro atoms. The molecule has 2 rings (SSSR count). The second-order valence-corrected chi connectivity index (χ2v) is 4.15. The number of nitro benzene ring substituents is 1. The summed E-state index contributed by atoms with van der Waals surface area (Å²) in [4.78, 5) is 21.4. The summed E-state index contributed by atoms with van der Waals surface area (Å²) in [7, 11) is 0. The molecule has 0 aromatic heterocycles. The van der Waals surface area contributed by atoms with E-state index < -0.39 is 4.92 Å². The molecule has 17 heavy (non-hydrogen) atoms. The molecule has 0 aliphatic carbocycles. The molecule has 1 unspecified atom stereocenters. The van der Waals surface area contributed by atoms with Crippen LogP contribution in [0.2, 0.25) is 5.02 Å². The van der Waals surface area contributed by atoms with Gasteiger partial charge in [-0.3, -0.25) is 14.9 Å². The smallest absolute Gasteiger partial charge is 0.293 e. The van der Waals surface area contributed by atoms with Crippen LogP contribution in [0.5, 0.6) is 0 Å². The second-order valence-electron chi connectivity index (χ2n) is 3.74. The third-order valence-corrected chi connectivity index (χ3v) is 2.83. The van der Waals surface area contributed by atoms with Gasteiger partial charge in [0.2, 0.25) is 5.91 Å². The van der Waals surface area contributed by atoms with Crippen molar-refractivity contribution in [3.8, 4) is 0 Å². The monoisotopic (exact) mass is 255 g/mol. The van der Waals surface area contributed by atoms with Gasteiger partial charge in [0.05, 0.1) is 16.0 Å². The highest BCUT2D eigenvalue weighted by atomic mass is 35.5.